The van der Waals surface area contributed by atoms with Gasteiger partial charge >= 0.3 is 0 Å². The second kappa shape index (κ2) is 10.4. The molecule has 19 heteroatoms. The van der Waals surface area contributed by atoms with Crippen LogP contribution in [0.15, 0.2) is 84.2 Å². The van der Waals surface area contributed by atoms with Crippen LogP contribution in [-0.4, -0.2) is 36.0 Å². The molecule has 0 aliphatic rings. The number of rotatable bonds is 7. The summed E-state index contributed by atoms with van der Waals surface area (Å²) in [6.07, 6.45) is 0. The van der Waals surface area contributed by atoms with Crippen LogP contribution in [0.5, 0.6) is 5.75 Å². The van der Waals surface area contributed by atoms with E-state index in [4.69, 9.17) is 5.73 Å². The molecule has 0 aromatic heterocycles. The number of nitrogen functional groups attached to an aromatic ring is 1. The van der Waals surface area contributed by atoms with Gasteiger partial charge in [0.05, 0.1) is 26.1 Å². The Kier molecular flexibility index (Phi) is 7.29. The molecule has 41 heavy (non-hydrogen) atoms. The van der Waals surface area contributed by atoms with Crippen molar-refractivity contribution in [3.05, 3.63) is 95.9 Å². The van der Waals surface area contributed by atoms with Crippen LogP contribution in [-0.2, 0) is 20.2 Å². The van der Waals surface area contributed by atoms with Crippen molar-refractivity contribution in [3.8, 4) is 5.75 Å². The summed E-state index contributed by atoms with van der Waals surface area (Å²) in [5.41, 5.74) is 7.69. The van der Waals surface area contributed by atoms with E-state index in [2.05, 4.69) is 21.1 Å². The van der Waals surface area contributed by atoms with Crippen LogP contribution in [0, 0.1) is 10.1 Å². The average Bonchev–Trinajstić information content (AvgIpc) is 2.86. The van der Waals surface area contributed by atoms with E-state index in [1.807, 2.05) is 0 Å². The molecule has 0 aliphatic carbocycles. The number of anilines is 3. The highest BCUT2D eigenvalue weighted by atomic mass is 32.2. The summed E-state index contributed by atoms with van der Waals surface area (Å²) in [4.78, 5) is 33.8. The number of nitrogens with zero attached hydrogens (tertiary/aromatic N) is 3. The van der Waals surface area contributed by atoms with Crippen LogP contribution in [0.2, 0.25) is 0 Å². The zero-order valence-electron chi connectivity index (χ0n) is 20.0. The topological polar surface area (TPSA) is 281 Å². The number of benzene rings is 4. The maximum atomic E-state index is 12.9. The van der Waals surface area contributed by atoms with E-state index in [1.54, 1.807) is 0 Å². The minimum absolute atomic E-state index is 0.112. The van der Waals surface area contributed by atoms with Gasteiger partial charge in [0.1, 0.15) is 16.8 Å². The first kappa shape index (κ1) is 28.8. The first-order valence-electron chi connectivity index (χ1n) is 10.8. The van der Waals surface area contributed by atoms with Crippen LogP contribution in [0.4, 0.5) is 22.7 Å². The molecule has 4 aromatic rings. The van der Waals surface area contributed by atoms with Crippen molar-refractivity contribution >= 4 is 53.8 Å². The summed E-state index contributed by atoms with van der Waals surface area (Å²) in [5, 5.41) is 27.3. The molecule has 0 saturated carbocycles. The smallest absolute Gasteiger partial charge is 0.294 e. The van der Waals surface area contributed by atoms with Gasteiger partial charge in [-0.15, -0.1) is 0 Å². The Balaban J connectivity index is 1.82. The number of phenols is 1. The van der Waals surface area contributed by atoms with Crippen molar-refractivity contribution in [3.63, 3.8) is 0 Å². The summed E-state index contributed by atoms with van der Waals surface area (Å²) in [7, 11) is -9.70. The largest absolute Gasteiger partial charge is 0.507 e. The Labute approximate surface area is 227 Å². The molecule has 0 spiro atoms. The quantitative estimate of drug-likeness (QED) is 0.0700. The van der Waals surface area contributed by atoms with Gasteiger partial charge in [0, 0.05) is 17.5 Å². The Bertz CT molecular complexity index is 2200. The highest BCUT2D eigenvalue weighted by Crippen LogP contribution is 2.36. The fourth-order valence-corrected chi connectivity index (χ4v) is 4.67. The maximum Gasteiger partial charge on any atom is 0.294 e. The molecule has 212 valence electrons. The molecule has 0 atom stereocenters. The molecular weight excluding hydrogens is 588 g/mol. The van der Waals surface area contributed by atoms with Gasteiger partial charge in [0.2, 0.25) is 10.9 Å². The van der Waals surface area contributed by atoms with Crippen LogP contribution in [0.3, 0.4) is 0 Å². The molecule has 0 aliphatic heterocycles. The third kappa shape index (κ3) is 6.01. The number of hydrogen-bond donors (Lipinski definition) is 6. The minimum Gasteiger partial charge on any atom is -0.507 e. The highest BCUT2D eigenvalue weighted by Gasteiger charge is 2.20. The van der Waals surface area contributed by atoms with Crippen molar-refractivity contribution in [2.45, 2.75) is 9.79 Å². The zero-order valence-corrected chi connectivity index (χ0v) is 21.7. The number of phenolic OH excluding ortho intramolecular Hbond substituents is 1. The first-order valence-corrected chi connectivity index (χ1v) is 13.7. The fraction of sp³-hybridized carbons (Fsp3) is 0. The van der Waals surface area contributed by atoms with Crippen molar-refractivity contribution in [2.24, 2.45) is 10.2 Å². The van der Waals surface area contributed by atoms with Crippen LogP contribution < -0.4 is 38.2 Å². The van der Waals surface area contributed by atoms with E-state index in [9.17, 15) is 50.8 Å². The van der Waals surface area contributed by atoms with Gasteiger partial charge in [0.15, 0.2) is 5.36 Å². The summed E-state index contributed by atoms with van der Waals surface area (Å²) < 4.78 is 65.5. The lowest BCUT2D eigenvalue weighted by molar-refractivity contribution is -0.383. The third-order valence-corrected chi connectivity index (χ3v) is 7.13. The molecule has 0 fully saturated rings. The Morgan fingerprint density at radius 1 is 0.854 bits per heavy atom. The Hall–Kier alpha value is -5.24. The SMILES string of the molecule is Nc1cc(N/N=c2/c(=O)cc/c(=N/Nc3cc(S(=O)(=O)O)cc4cc(S(=O)(=O)O)cc(O)c34)c2=O)ccc1[N+](=O)[O-]. The normalized spacial score (nSPS) is 12.9. The zero-order chi connectivity index (χ0) is 30.3. The number of fused-ring (bicyclic) bond motifs is 1. The van der Waals surface area contributed by atoms with Crippen molar-refractivity contribution in [2.75, 3.05) is 16.6 Å². The average molecular weight is 605 g/mol. The predicted molar refractivity (Wildman–Crippen MR) is 142 cm³/mol. The van der Waals surface area contributed by atoms with Gasteiger partial charge in [-0.1, -0.05) is 0 Å². The van der Waals surface area contributed by atoms with E-state index in [1.165, 1.54) is 6.07 Å². The summed E-state index contributed by atoms with van der Waals surface area (Å²) in [5.74, 6) is -0.741. The van der Waals surface area contributed by atoms with Gasteiger partial charge in [-0.3, -0.25) is 39.7 Å². The molecule has 7 N–H and O–H groups in total. The number of nitrogens with one attached hydrogen (secondary N) is 2. The molecular formula is C22H16N6O11S2. The lowest BCUT2D eigenvalue weighted by Crippen LogP contribution is -2.47. The summed E-state index contributed by atoms with van der Waals surface area (Å²) in [6, 6.07) is 8.56. The maximum absolute atomic E-state index is 12.9. The van der Waals surface area contributed by atoms with Crippen LogP contribution in [0.1, 0.15) is 0 Å². The van der Waals surface area contributed by atoms with Crippen LogP contribution >= 0.6 is 0 Å². The van der Waals surface area contributed by atoms with Gasteiger partial charge in [-0.25, -0.2) is 0 Å². The molecule has 17 nitrogen and oxygen atoms in total. The molecule has 0 unspecified atom stereocenters. The number of nitrogens with two attached hydrogens (primary N) is 1. The minimum atomic E-state index is -4.87. The molecule has 0 bridgehead atoms. The second-order valence-electron chi connectivity index (χ2n) is 8.20. The molecule has 4 aromatic carbocycles. The van der Waals surface area contributed by atoms with Crippen molar-refractivity contribution < 1.29 is 36.0 Å². The predicted octanol–water partition coefficient (Wildman–Crippen LogP) is -0.0192. The van der Waals surface area contributed by atoms with E-state index >= 15 is 0 Å². The molecule has 4 rings (SSSR count). The lowest BCUT2D eigenvalue weighted by atomic mass is 10.1. The van der Waals surface area contributed by atoms with Crippen molar-refractivity contribution in [1.82, 2.24) is 0 Å². The molecule has 0 radical (unpaired) electrons. The van der Waals surface area contributed by atoms with E-state index in [0.717, 1.165) is 42.5 Å². The second-order valence-corrected chi connectivity index (χ2v) is 11.0. The Morgan fingerprint density at radius 3 is 2.07 bits per heavy atom. The van der Waals surface area contributed by atoms with Gasteiger partial charge in [0.25, 0.3) is 25.9 Å². The number of hydrogen-bond acceptors (Lipinski definition) is 14. The summed E-state index contributed by atoms with van der Waals surface area (Å²) in [6.45, 7) is 0. The molecule has 0 saturated heterocycles. The number of aromatic hydroxyl groups is 1. The van der Waals surface area contributed by atoms with Gasteiger partial charge in [-0.05, 0) is 47.9 Å². The van der Waals surface area contributed by atoms with Crippen LogP contribution in [0.25, 0.3) is 10.8 Å². The standard InChI is InChI=1S/C22H16N6O11S2/c23-14-7-11(1-3-17(14)28(32)33)24-27-21-18(29)4-2-15(22(21)31)25-26-16-8-12(40(34,35)36)5-10-6-13(41(37,38)39)9-19(30)20(10)16/h1-9,24,26,30H,23H2,(H,34,35,36)(H,37,38,39)/b25-15-,27-21-. The summed E-state index contributed by atoms with van der Waals surface area (Å²) >= 11 is 0. The number of nitro groups is 1. The Morgan fingerprint density at radius 2 is 1.49 bits per heavy atom. The lowest BCUT2D eigenvalue weighted by Gasteiger charge is -2.11. The third-order valence-electron chi connectivity index (χ3n) is 5.46. The monoisotopic (exact) mass is 604 g/mol. The van der Waals surface area contributed by atoms with E-state index < -0.39 is 62.3 Å². The van der Waals surface area contributed by atoms with E-state index in [-0.39, 0.29) is 33.5 Å². The highest BCUT2D eigenvalue weighted by molar-refractivity contribution is 7.86. The number of nitro benzene ring substituents is 1. The van der Waals surface area contributed by atoms with Gasteiger partial charge < -0.3 is 10.8 Å². The molecule has 0 heterocycles. The first-order chi connectivity index (χ1) is 19.1. The molecule has 0 amide bonds. The van der Waals surface area contributed by atoms with E-state index in [0.29, 0.717) is 6.07 Å². The van der Waals surface area contributed by atoms with Crippen molar-refractivity contribution in [1.29, 1.82) is 0 Å². The van der Waals surface area contributed by atoms with Gasteiger partial charge in [-0.2, -0.15) is 27.0 Å². The fourth-order valence-electron chi connectivity index (χ4n) is 3.59.